The Morgan fingerprint density at radius 3 is 2.55 bits per heavy atom. The lowest BCUT2D eigenvalue weighted by atomic mass is 9.89. The van der Waals surface area contributed by atoms with Crippen LogP contribution in [-0.4, -0.2) is 46.7 Å². The van der Waals surface area contributed by atoms with Gasteiger partial charge in [0.25, 0.3) is 0 Å². The van der Waals surface area contributed by atoms with Crippen LogP contribution < -0.4 is 5.32 Å². The molecule has 0 radical (unpaired) electrons. The van der Waals surface area contributed by atoms with Crippen LogP contribution in [0.5, 0.6) is 0 Å². The second kappa shape index (κ2) is 4.01. The first-order valence-electron chi connectivity index (χ1n) is 3.92. The van der Waals surface area contributed by atoms with Crippen LogP contribution in [0.3, 0.4) is 0 Å². The van der Waals surface area contributed by atoms with Gasteiger partial charge in [-0.25, -0.2) is 0 Å². The standard InChI is InChI=1S/C7H15NO3/c9-4-7(11)3-8-5-1-6(10)2-5/h5-11H,1-4H2. The molecule has 4 heteroatoms. The van der Waals surface area contributed by atoms with Crippen LogP contribution in [0.25, 0.3) is 0 Å². The molecule has 0 aromatic carbocycles. The van der Waals surface area contributed by atoms with Crippen LogP contribution in [0.1, 0.15) is 12.8 Å². The Bertz CT molecular complexity index is 114. The number of nitrogens with one attached hydrogen (secondary N) is 1. The zero-order valence-electron chi connectivity index (χ0n) is 6.40. The molecule has 0 heterocycles. The first kappa shape index (κ1) is 8.93. The van der Waals surface area contributed by atoms with Gasteiger partial charge in [0.15, 0.2) is 0 Å². The lowest BCUT2D eigenvalue weighted by molar-refractivity contribution is 0.0463. The van der Waals surface area contributed by atoms with E-state index in [9.17, 15) is 0 Å². The maximum absolute atomic E-state index is 8.92. The van der Waals surface area contributed by atoms with Crippen molar-refractivity contribution in [1.82, 2.24) is 5.32 Å². The summed E-state index contributed by atoms with van der Waals surface area (Å²) in [4.78, 5) is 0. The van der Waals surface area contributed by atoms with E-state index in [0.717, 1.165) is 12.8 Å². The van der Waals surface area contributed by atoms with Gasteiger partial charge in [-0.15, -0.1) is 0 Å². The topological polar surface area (TPSA) is 72.7 Å². The zero-order chi connectivity index (χ0) is 8.27. The van der Waals surface area contributed by atoms with Crippen LogP contribution in [-0.2, 0) is 0 Å². The lowest BCUT2D eigenvalue weighted by Gasteiger charge is -2.32. The van der Waals surface area contributed by atoms with Crippen LogP contribution in [0.2, 0.25) is 0 Å². The number of hydrogen-bond donors (Lipinski definition) is 4. The monoisotopic (exact) mass is 161 g/mol. The number of hydrogen-bond acceptors (Lipinski definition) is 4. The van der Waals surface area contributed by atoms with E-state index in [2.05, 4.69) is 5.32 Å². The SMILES string of the molecule is OCC(O)CNC1CC(O)C1. The molecular formula is C7H15NO3. The van der Waals surface area contributed by atoms with Crippen molar-refractivity contribution in [2.45, 2.75) is 31.1 Å². The summed E-state index contributed by atoms with van der Waals surface area (Å²) < 4.78 is 0. The minimum Gasteiger partial charge on any atom is -0.394 e. The van der Waals surface area contributed by atoms with Crippen molar-refractivity contribution < 1.29 is 15.3 Å². The molecular weight excluding hydrogens is 146 g/mol. The summed E-state index contributed by atoms with van der Waals surface area (Å²) in [5, 5.41) is 29.3. The van der Waals surface area contributed by atoms with Gasteiger partial charge in [0.1, 0.15) is 0 Å². The number of rotatable bonds is 4. The van der Waals surface area contributed by atoms with E-state index >= 15 is 0 Å². The highest BCUT2D eigenvalue weighted by Crippen LogP contribution is 2.18. The summed E-state index contributed by atoms with van der Waals surface area (Å²) in [6.07, 6.45) is 0.683. The van der Waals surface area contributed by atoms with Crippen LogP contribution in [0.15, 0.2) is 0 Å². The number of aliphatic hydroxyl groups is 3. The maximum atomic E-state index is 8.92. The smallest absolute Gasteiger partial charge is 0.0895 e. The Kier molecular flexibility index (Phi) is 3.26. The minimum atomic E-state index is -0.673. The van der Waals surface area contributed by atoms with E-state index in [-0.39, 0.29) is 12.7 Å². The van der Waals surface area contributed by atoms with E-state index in [1.165, 1.54) is 0 Å². The fraction of sp³-hybridized carbons (Fsp3) is 1.00. The van der Waals surface area contributed by atoms with Crippen molar-refractivity contribution in [3.8, 4) is 0 Å². The normalized spacial score (nSPS) is 33.0. The van der Waals surface area contributed by atoms with Crippen molar-refractivity contribution in [3.63, 3.8) is 0 Å². The summed E-state index contributed by atoms with van der Waals surface area (Å²) >= 11 is 0. The van der Waals surface area contributed by atoms with Crippen molar-refractivity contribution in [1.29, 1.82) is 0 Å². The zero-order valence-corrected chi connectivity index (χ0v) is 6.40. The maximum Gasteiger partial charge on any atom is 0.0895 e. The molecule has 1 saturated carbocycles. The third kappa shape index (κ3) is 2.75. The van der Waals surface area contributed by atoms with Crippen molar-refractivity contribution in [2.24, 2.45) is 0 Å². The van der Waals surface area contributed by atoms with Gasteiger partial charge in [0.2, 0.25) is 0 Å². The first-order valence-corrected chi connectivity index (χ1v) is 3.92. The molecule has 1 fully saturated rings. The summed E-state index contributed by atoms with van der Waals surface area (Å²) in [7, 11) is 0. The Morgan fingerprint density at radius 2 is 2.09 bits per heavy atom. The molecule has 1 atom stereocenters. The molecule has 0 aromatic rings. The average molecular weight is 161 g/mol. The highest BCUT2D eigenvalue weighted by atomic mass is 16.3. The van der Waals surface area contributed by atoms with Crippen molar-refractivity contribution in [3.05, 3.63) is 0 Å². The van der Waals surface area contributed by atoms with E-state index in [1.54, 1.807) is 0 Å². The molecule has 66 valence electrons. The van der Waals surface area contributed by atoms with Crippen LogP contribution in [0, 0.1) is 0 Å². The molecule has 0 aliphatic heterocycles. The van der Waals surface area contributed by atoms with Gasteiger partial charge in [0.05, 0.1) is 18.8 Å². The molecule has 1 rings (SSSR count). The lowest BCUT2D eigenvalue weighted by Crippen LogP contribution is -2.47. The van der Waals surface area contributed by atoms with E-state index < -0.39 is 6.10 Å². The van der Waals surface area contributed by atoms with Crippen LogP contribution >= 0.6 is 0 Å². The first-order chi connectivity index (χ1) is 5.22. The predicted molar refractivity (Wildman–Crippen MR) is 40.1 cm³/mol. The van der Waals surface area contributed by atoms with Crippen LogP contribution in [0.4, 0.5) is 0 Å². The van der Waals surface area contributed by atoms with Gasteiger partial charge in [0, 0.05) is 12.6 Å². The van der Waals surface area contributed by atoms with Gasteiger partial charge >= 0.3 is 0 Å². The van der Waals surface area contributed by atoms with Crippen molar-refractivity contribution in [2.75, 3.05) is 13.2 Å². The molecule has 4 nitrogen and oxygen atoms in total. The summed E-state index contributed by atoms with van der Waals surface area (Å²) in [5.74, 6) is 0. The Morgan fingerprint density at radius 1 is 1.45 bits per heavy atom. The van der Waals surface area contributed by atoms with Gasteiger partial charge in [-0.3, -0.25) is 0 Å². The highest BCUT2D eigenvalue weighted by Gasteiger charge is 2.26. The third-order valence-electron chi connectivity index (χ3n) is 1.97. The van der Waals surface area contributed by atoms with E-state index in [4.69, 9.17) is 15.3 Å². The van der Waals surface area contributed by atoms with Gasteiger partial charge < -0.3 is 20.6 Å². The summed E-state index contributed by atoms with van der Waals surface area (Å²) in [5.41, 5.74) is 0. The highest BCUT2D eigenvalue weighted by molar-refractivity contribution is 4.84. The molecule has 0 aromatic heterocycles. The van der Waals surface area contributed by atoms with Crippen molar-refractivity contribution >= 4 is 0 Å². The largest absolute Gasteiger partial charge is 0.394 e. The van der Waals surface area contributed by atoms with E-state index in [0.29, 0.717) is 12.6 Å². The molecule has 0 bridgehead atoms. The van der Waals surface area contributed by atoms with Gasteiger partial charge in [-0.05, 0) is 12.8 Å². The summed E-state index contributed by atoms with van der Waals surface area (Å²) in [6, 6.07) is 0.325. The molecule has 4 N–H and O–H groups in total. The second-order valence-electron chi connectivity index (χ2n) is 3.07. The quantitative estimate of drug-likeness (QED) is 0.403. The summed E-state index contributed by atoms with van der Waals surface area (Å²) in [6.45, 7) is 0.205. The fourth-order valence-corrected chi connectivity index (χ4v) is 1.12. The second-order valence-corrected chi connectivity index (χ2v) is 3.07. The fourth-order valence-electron chi connectivity index (χ4n) is 1.12. The minimum absolute atomic E-state index is 0.168. The van der Waals surface area contributed by atoms with E-state index in [1.807, 2.05) is 0 Å². The average Bonchev–Trinajstić information content (AvgIpc) is 1.95. The molecule has 1 aliphatic carbocycles. The molecule has 1 unspecified atom stereocenters. The molecule has 1 aliphatic rings. The molecule has 11 heavy (non-hydrogen) atoms. The Labute approximate surface area is 65.9 Å². The van der Waals surface area contributed by atoms with Gasteiger partial charge in [-0.2, -0.15) is 0 Å². The molecule has 0 amide bonds. The Balaban J connectivity index is 1.96. The third-order valence-corrected chi connectivity index (χ3v) is 1.97. The van der Waals surface area contributed by atoms with Gasteiger partial charge in [-0.1, -0.05) is 0 Å². The number of aliphatic hydroxyl groups excluding tert-OH is 3. The molecule has 0 saturated heterocycles. The Hall–Kier alpha value is -0.160. The predicted octanol–water partition coefficient (Wildman–Crippen LogP) is -1.55. The molecule has 0 spiro atoms.